The van der Waals surface area contributed by atoms with E-state index < -0.39 is 5.91 Å². The molecule has 1 saturated heterocycles. The Balaban J connectivity index is 1.63. The van der Waals surface area contributed by atoms with Crippen LogP contribution in [-0.4, -0.2) is 36.9 Å². The third kappa shape index (κ3) is 4.88. The first-order valence-electron chi connectivity index (χ1n) is 9.36. The molecule has 0 bridgehead atoms. The van der Waals surface area contributed by atoms with E-state index in [0.717, 1.165) is 17.8 Å². The second-order valence-corrected chi connectivity index (χ2v) is 6.64. The van der Waals surface area contributed by atoms with E-state index in [-0.39, 0.29) is 11.9 Å². The quantitative estimate of drug-likeness (QED) is 0.525. The van der Waals surface area contributed by atoms with Gasteiger partial charge in [0.1, 0.15) is 0 Å². The molecule has 1 atom stereocenters. The van der Waals surface area contributed by atoms with E-state index in [4.69, 9.17) is 5.73 Å². The first-order valence-corrected chi connectivity index (χ1v) is 9.36. The third-order valence-corrected chi connectivity index (χ3v) is 4.54. The van der Waals surface area contributed by atoms with E-state index >= 15 is 0 Å². The molecule has 3 rings (SSSR count). The zero-order chi connectivity index (χ0) is 19.9. The predicted octanol–water partition coefficient (Wildman–Crippen LogP) is 1.65. The largest absolute Gasteiger partial charge is 0.366 e. The van der Waals surface area contributed by atoms with Crippen molar-refractivity contribution in [2.45, 2.75) is 25.9 Å². The zero-order valence-corrected chi connectivity index (χ0v) is 15.9. The van der Waals surface area contributed by atoms with Crippen LogP contribution in [0.25, 0.3) is 0 Å². The number of rotatable bonds is 6. The summed E-state index contributed by atoms with van der Waals surface area (Å²) in [5, 5.41) is 6.56. The summed E-state index contributed by atoms with van der Waals surface area (Å²) < 4.78 is 0. The van der Waals surface area contributed by atoms with Crippen molar-refractivity contribution >= 4 is 23.5 Å². The van der Waals surface area contributed by atoms with Gasteiger partial charge in [0.25, 0.3) is 0 Å². The Morgan fingerprint density at radius 3 is 2.54 bits per heavy atom. The lowest BCUT2D eigenvalue weighted by atomic mass is 10.1. The molecule has 1 heterocycles. The van der Waals surface area contributed by atoms with Crippen molar-refractivity contribution < 1.29 is 9.59 Å². The highest BCUT2D eigenvalue weighted by Crippen LogP contribution is 2.21. The Labute approximate surface area is 164 Å². The SMILES string of the molecule is CCNC(=NCc1ccc(C(N)=O)cc1)NC1CC(=O)N(c2ccccc2)C1. The van der Waals surface area contributed by atoms with Gasteiger partial charge in [0.15, 0.2) is 5.96 Å². The van der Waals surface area contributed by atoms with Crippen molar-refractivity contribution in [3.8, 4) is 0 Å². The number of amides is 2. The van der Waals surface area contributed by atoms with E-state index in [1.807, 2.05) is 49.4 Å². The first-order chi connectivity index (χ1) is 13.6. The number of anilines is 1. The minimum atomic E-state index is -0.445. The van der Waals surface area contributed by atoms with Crippen molar-refractivity contribution in [3.05, 3.63) is 65.7 Å². The molecule has 0 radical (unpaired) electrons. The van der Waals surface area contributed by atoms with E-state index in [2.05, 4.69) is 15.6 Å². The molecule has 2 amide bonds. The fourth-order valence-corrected chi connectivity index (χ4v) is 3.12. The topological polar surface area (TPSA) is 99.8 Å². The lowest BCUT2D eigenvalue weighted by Gasteiger charge is -2.19. The van der Waals surface area contributed by atoms with Crippen molar-refractivity contribution in [2.75, 3.05) is 18.0 Å². The van der Waals surface area contributed by atoms with Crippen LogP contribution in [0.1, 0.15) is 29.3 Å². The Morgan fingerprint density at radius 1 is 1.18 bits per heavy atom. The maximum Gasteiger partial charge on any atom is 0.248 e. The highest BCUT2D eigenvalue weighted by atomic mass is 16.2. The molecule has 0 saturated carbocycles. The zero-order valence-electron chi connectivity index (χ0n) is 15.9. The first kappa shape index (κ1) is 19.4. The maximum atomic E-state index is 12.4. The number of nitrogens with one attached hydrogen (secondary N) is 2. The summed E-state index contributed by atoms with van der Waals surface area (Å²) in [7, 11) is 0. The van der Waals surface area contributed by atoms with Crippen molar-refractivity contribution in [2.24, 2.45) is 10.7 Å². The molecule has 1 fully saturated rings. The summed E-state index contributed by atoms with van der Waals surface area (Å²) in [6.45, 7) is 3.77. The molecule has 7 heteroatoms. The second kappa shape index (κ2) is 9.03. The van der Waals surface area contributed by atoms with Gasteiger partial charge in [-0.1, -0.05) is 30.3 Å². The predicted molar refractivity (Wildman–Crippen MR) is 110 cm³/mol. The molecule has 0 spiro atoms. The van der Waals surface area contributed by atoms with E-state index in [1.165, 1.54) is 0 Å². The number of carbonyl (C=O) groups excluding carboxylic acids is 2. The lowest BCUT2D eigenvalue weighted by molar-refractivity contribution is -0.117. The molecule has 146 valence electrons. The molecule has 2 aromatic carbocycles. The van der Waals surface area contributed by atoms with Gasteiger partial charge in [-0.3, -0.25) is 9.59 Å². The fraction of sp³-hybridized carbons (Fsp3) is 0.286. The van der Waals surface area contributed by atoms with Gasteiger partial charge in [0, 0.05) is 30.8 Å². The smallest absolute Gasteiger partial charge is 0.248 e. The minimum Gasteiger partial charge on any atom is -0.366 e. The van der Waals surface area contributed by atoms with Gasteiger partial charge in [0.2, 0.25) is 11.8 Å². The van der Waals surface area contributed by atoms with Crippen molar-refractivity contribution in [1.29, 1.82) is 0 Å². The van der Waals surface area contributed by atoms with Crippen LogP contribution >= 0.6 is 0 Å². The summed E-state index contributed by atoms with van der Waals surface area (Å²) in [5.41, 5.74) is 7.62. The van der Waals surface area contributed by atoms with Gasteiger partial charge in [-0.25, -0.2) is 4.99 Å². The van der Waals surface area contributed by atoms with Crippen LogP contribution in [0.5, 0.6) is 0 Å². The van der Waals surface area contributed by atoms with Crippen LogP contribution in [0.2, 0.25) is 0 Å². The lowest BCUT2D eigenvalue weighted by Crippen LogP contribution is -2.44. The van der Waals surface area contributed by atoms with Gasteiger partial charge in [0.05, 0.1) is 12.6 Å². The van der Waals surface area contributed by atoms with E-state index in [9.17, 15) is 9.59 Å². The number of hydrogen-bond donors (Lipinski definition) is 3. The van der Waals surface area contributed by atoms with Crippen LogP contribution in [0.3, 0.4) is 0 Å². The average Bonchev–Trinajstić information content (AvgIpc) is 3.07. The summed E-state index contributed by atoms with van der Waals surface area (Å²) in [4.78, 5) is 29.9. The summed E-state index contributed by atoms with van der Waals surface area (Å²) in [6, 6.07) is 16.7. The number of carbonyl (C=O) groups is 2. The fourth-order valence-electron chi connectivity index (χ4n) is 3.12. The number of para-hydroxylation sites is 1. The molecule has 2 aromatic rings. The minimum absolute atomic E-state index is 0.0113. The van der Waals surface area contributed by atoms with Crippen molar-refractivity contribution in [3.63, 3.8) is 0 Å². The standard InChI is InChI=1S/C21H25N5O2/c1-2-23-21(24-13-15-8-10-16(11-9-15)20(22)28)25-17-12-19(27)26(14-17)18-6-4-3-5-7-18/h3-11,17H,2,12-14H2,1H3,(H2,22,28)(H2,23,24,25). The highest BCUT2D eigenvalue weighted by molar-refractivity contribution is 5.97. The normalized spacial score (nSPS) is 16.9. The van der Waals surface area contributed by atoms with E-state index in [1.54, 1.807) is 17.0 Å². The number of aliphatic imine (C=N–C) groups is 1. The number of primary amides is 1. The summed E-state index contributed by atoms with van der Waals surface area (Å²) in [6.07, 6.45) is 0.423. The van der Waals surface area contributed by atoms with Crippen LogP contribution in [0.4, 0.5) is 5.69 Å². The molecule has 4 N–H and O–H groups in total. The monoisotopic (exact) mass is 379 g/mol. The Kier molecular flexibility index (Phi) is 6.26. The molecule has 0 aliphatic carbocycles. The second-order valence-electron chi connectivity index (χ2n) is 6.64. The van der Waals surface area contributed by atoms with Gasteiger partial charge < -0.3 is 21.3 Å². The molecular formula is C21H25N5O2. The molecule has 7 nitrogen and oxygen atoms in total. The number of guanidine groups is 1. The molecule has 0 aromatic heterocycles. The van der Waals surface area contributed by atoms with Crippen LogP contribution < -0.4 is 21.3 Å². The molecule has 28 heavy (non-hydrogen) atoms. The van der Waals surface area contributed by atoms with Gasteiger partial charge in [-0.05, 0) is 36.8 Å². The average molecular weight is 379 g/mol. The Hall–Kier alpha value is -3.35. The van der Waals surface area contributed by atoms with E-state index in [0.29, 0.717) is 31.0 Å². The highest BCUT2D eigenvalue weighted by Gasteiger charge is 2.31. The summed E-state index contributed by atoms with van der Waals surface area (Å²) >= 11 is 0. The van der Waals surface area contributed by atoms with Crippen molar-refractivity contribution in [1.82, 2.24) is 10.6 Å². The van der Waals surface area contributed by atoms with Crippen LogP contribution in [0, 0.1) is 0 Å². The Morgan fingerprint density at radius 2 is 1.89 bits per heavy atom. The van der Waals surface area contributed by atoms with Crippen LogP contribution in [0.15, 0.2) is 59.6 Å². The van der Waals surface area contributed by atoms with Gasteiger partial charge in [-0.2, -0.15) is 0 Å². The molecular weight excluding hydrogens is 354 g/mol. The number of benzene rings is 2. The van der Waals surface area contributed by atoms with Gasteiger partial charge >= 0.3 is 0 Å². The Bertz CT molecular complexity index is 849. The summed E-state index contributed by atoms with van der Waals surface area (Å²) in [5.74, 6) is 0.315. The molecule has 1 aliphatic heterocycles. The van der Waals surface area contributed by atoms with Gasteiger partial charge in [-0.15, -0.1) is 0 Å². The molecule has 1 unspecified atom stereocenters. The maximum absolute atomic E-state index is 12.4. The molecule has 1 aliphatic rings. The number of hydrogen-bond acceptors (Lipinski definition) is 3. The third-order valence-electron chi connectivity index (χ3n) is 4.54. The number of nitrogens with two attached hydrogens (primary N) is 1. The number of nitrogens with zero attached hydrogens (tertiary/aromatic N) is 2. The van der Waals surface area contributed by atoms with Crippen LogP contribution in [-0.2, 0) is 11.3 Å².